The SMILES string of the molecule is COc1cc(CNCC(O)c2ccc(C#N)cc2)ccn1. The average Bonchev–Trinajstić information content (AvgIpc) is 2.55. The maximum atomic E-state index is 10.1. The number of aliphatic hydroxyl groups excluding tert-OH is 1. The van der Waals surface area contributed by atoms with E-state index < -0.39 is 6.10 Å². The van der Waals surface area contributed by atoms with Crippen LogP contribution in [0.2, 0.25) is 0 Å². The summed E-state index contributed by atoms with van der Waals surface area (Å²) in [6.07, 6.45) is 1.08. The zero-order chi connectivity index (χ0) is 15.1. The fraction of sp³-hybridized carbons (Fsp3) is 0.250. The number of aliphatic hydroxyl groups is 1. The molecule has 0 aliphatic carbocycles. The second kappa shape index (κ2) is 7.39. The van der Waals surface area contributed by atoms with Gasteiger partial charge in [-0.1, -0.05) is 12.1 Å². The fourth-order valence-electron chi connectivity index (χ4n) is 1.92. The molecule has 0 radical (unpaired) electrons. The lowest BCUT2D eigenvalue weighted by Gasteiger charge is -2.12. The molecular formula is C16H17N3O2. The van der Waals surface area contributed by atoms with Crippen molar-refractivity contribution < 1.29 is 9.84 Å². The Balaban J connectivity index is 1.85. The van der Waals surface area contributed by atoms with Crippen LogP contribution in [-0.2, 0) is 6.54 Å². The van der Waals surface area contributed by atoms with Gasteiger partial charge >= 0.3 is 0 Å². The van der Waals surface area contributed by atoms with Crippen LogP contribution >= 0.6 is 0 Å². The highest BCUT2D eigenvalue weighted by Gasteiger charge is 2.07. The van der Waals surface area contributed by atoms with Crippen molar-refractivity contribution in [2.45, 2.75) is 12.6 Å². The normalized spacial score (nSPS) is 11.7. The minimum Gasteiger partial charge on any atom is -0.481 e. The quantitative estimate of drug-likeness (QED) is 0.845. The van der Waals surface area contributed by atoms with E-state index in [0.717, 1.165) is 11.1 Å². The number of nitrogens with one attached hydrogen (secondary N) is 1. The molecule has 5 nitrogen and oxygen atoms in total. The fourth-order valence-corrected chi connectivity index (χ4v) is 1.92. The van der Waals surface area contributed by atoms with Gasteiger partial charge in [0.25, 0.3) is 0 Å². The van der Waals surface area contributed by atoms with Gasteiger partial charge in [0.1, 0.15) is 0 Å². The topological polar surface area (TPSA) is 78.2 Å². The minimum atomic E-state index is -0.610. The molecule has 5 heteroatoms. The number of pyridine rings is 1. The predicted octanol–water partition coefficient (Wildman–Crippen LogP) is 1.79. The predicted molar refractivity (Wildman–Crippen MR) is 78.6 cm³/mol. The molecule has 0 spiro atoms. The number of rotatable bonds is 6. The molecule has 0 bridgehead atoms. The summed E-state index contributed by atoms with van der Waals surface area (Å²) in [6, 6.07) is 12.7. The Hall–Kier alpha value is -2.42. The molecule has 0 saturated heterocycles. The third kappa shape index (κ3) is 4.28. The molecule has 2 N–H and O–H groups in total. The van der Waals surface area contributed by atoms with Crippen molar-refractivity contribution in [1.29, 1.82) is 5.26 Å². The first-order chi connectivity index (χ1) is 10.2. The number of nitrogens with zero attached hydrogens (tertiary/aromatic N) is 2. The molecule has 1 aromatic carbocycles. The lowest BCUT2D eigenvalue weighted by molar-refractivity contribution is 0.174. The van der Waals surface area contributed by atoms with Crippen molar-refractivity contribution in [2.75, 3.05) is 13.7 Å². The van der Waals surface area contributed by atoms with E-state index in [4.69, 9.17) is 10.00 Å². The lowest BCUT2D eigenvalue weighted by atomic mass is 10.1. The van der Waals surface area contributed by atoms with Crippen molar-refractivity contribution >= 4 is 0 Å². The number of nitriles is 1. The Kier molecular flexibility index (Phi) is 5.27. The van der Waals surface area contributed by atoms with Crippen molar-refractivity contribution in [3.8, 4) is 11.9 Å². The van der Waals surface area contributed by atoms with Gasteiger partial charge in [-0.2, -0.15) is 5.26 Å². The Morgan fingerprint density at radius 2 is 2.10 bits per heavy atom. The van der Waals surface area contributed by atoms with Gasteiger partial charge < -0.3 is 15.2 Å². The summed E-state index contributed by atoms with van der Waals surface area (Å²) in [5, 5.41) is 22.0. The van der Waals surface area contributed by atoms with Crippen molar-refractivity contribution in [3.63, 3.8) is 0 Å². The molecular weight excluding hydrogens is 266 g/mol. The molecule has 2 aromatic rings. The number of benzene rings is 1. The van der Waals surface area contributed by atoms with E-state index in [2.05, 4.69) is 16.4 Å². The summed E-state index contributed by atoms with van der Waals surface area (Å²) in [5.41, 5.74) is 2.41. The number of hydrogen-bond acceptors (Lipinski definition) is 5. The molecule has 0 fully saturated rings. The Morgan fingerprint density at radius 3 is 2.76 bits per heavy atom. The molecule has 1 aromatic heterocycles. The molecule has 2 rings (SSSR count). The van der Waals surface area contributed by atoms with Gasteiger partial charge in [-0.15, -0.1) is 0 Å². The van der Waals surface area contributed by atoms with Crippen LogP contribution < -0.4 is 10.1 Å². The zero-order valence-electron chi connectivity index (χ0n) is 11.8. The summed E-state index contributed by atoms with van der Waals surface area (Å²) in [5.74, 6) is 0.571. The Labute approximate surface area is 123 Å². The number of hydrogen-bond donors (Lipinski definition) is 2. The first kappa shape index (κ1) is 15.0. The molecule has 1 heterocycles. The van der Waals surface area contributed by atoms with E-state index in [-0.39, 0.29) is 0 Å². The molecule has 0 aliphatic rings. The van der Waals surface area contributed by atoms with E-state index >= 15 is 0 Å². The van der Waals surface area contributed by atoms with Gasteiger partial charge in [0, 0.05) is 25.4 Å². The highest BCUT2D eigenvalue weighted by molar-refractivity contribution is 5.32. The number of methoxy groups -OCH3 is 1. The molecule has 1 unspecified atom stereocenters. The zero-order valence-corrected chi connectivity index (χ0v) is 11.8. The summed E-state index contributed by atoms with van der Waals surface area (Å²) < 4.78 is 5.06. The van der Waals surface area contributed by atoms with Crippen molar-refractivity contribution in [1.82, 2.24) is 10.3 Å². The molecule has 0 saturated carbocycles. The van der Waals surface area contributed by atoms with Gasteiger partial charge in [0.05, 0.1) is 24.8 Å². The summed E-state index contributed by atoms with van der Waals surface area (Å²) >= 11 is 0. The standard InChI is InChI=1S/C16H17N3O2/c1-21-16-8-13(6-7-19-16)10-18-11-15(20)14-4-2-12(9-17)3-5-14/h2-8,15,18,20H,10-11H2,1H3. The van der Waals surface area contributed by atoms with Crippen LogP contribution in [0.1, 0.15) is 22.8 Å². The van der Waals surface area contributed by atoms with Crippen LogP contribution in [0.3, 0.4) is 0 Å². The third-order valence-corrected chi connectivity index (χ3v) is 3.10. The van der Waals surface area contributed by atoms with E-state index in [0.29, 0.717) is 24.5 Å². The van der Waals surface area contributed by atoms with E-state index in [1.807, 2.05) is 12.1 Å². The van der Waals surface area contributed by atoms with Gasteiger partial charge in [0.15, 0.2) is 0 Å². The van der Waals surface area contributed by atoms with E-state index in [1.165, 1.54) is 0 Å². The van der Waals surface area contributed by atoms with Crippen LogP contribution in [0.15, 0.2) is 42.6 Å². The van der Waals surface area contributed by atoms with Crippen LogP contribution in [0.5, 0.6) is 5.88 Å². The maximum Gasteiger partial charge on any atom is 0.213 e. The first-order valence-corrected chi connectivity index (χ1v) is 6.60. The summed E-state index contributed by atoms with van der Waals surface area (Å²) in [6.45, 7) is 1.04. The Morgan fingerprint density at radius 1 is 1.33 bits per heavy atom. The van der Waals surface area contributed by atoms with Gasteiger partial charge in [-0.05, 0) is 29.3 Å². The van der Waals surface area contributed by atoms with Gasteiger partial charge in [0.2, 0.25) is 5.88 Å². The summed E-state index contributed by atoms with van der Waals surface area (Å²) in [7, 11) is 1.58. The highest BCUT2D eigenvalue weighted by Crippen LogP contribution is 2.13. The largest absolute Gasteiger partial charge is 0.481 e. The van der Waals surface area contributed by atoms with E-state index in [1.54, 1.807) is 37.6 Å². The molecule has 1 atom stereocenters. The monoisotopic (exact) mass is 283 g/mol. The van der Waals surface area contributed by atoms with Crippen molar-refractivity contribution in [3.05, 3.63) is 59.3 Å². The minimum absolute atomic E-state index is 0.427. The molecule has 0 aliphatic heterocycles. The van der Waals surface area contributed by atoms with E-state index in [9.17, 15) is 5.11 Å². The second-order valence-electron chi connectivity index (χ2n) is 4.59. The Bertz CT molecular complexity index is 620. The smallest absolute Gasteiger partial charge is 0.213 e. The van der Waals surface area contributed by atoms with Crippen LogP contribution in [0.25, 0.3) is 0 Å². The third-order valence-electron chi connectivity index (χ3n) is 3.10. The number of aromatic nitrogens is 1. The maximum absolute atomic E-state index is 10.1. The van der Waals surface area contributed by atoms with Gasteiger partial charge in [-0.3, -0.25) is 0 Å². The molecule has 108 valence electrons. The van der Waals surface area contributed by atoms with Crippen LogP contribution in [-0.4, -0.2) is 23.7 Å². The number of ether oxygens (including phenoxy) is 1. The molecule has 0 amide bonds. The average molecular weight is 283 g/mol. The van der Waals surface area contributed by atoms with Crippen LogP contribution in [0, 0.1) is 11.3 Å². The lowest BCUT2D eigenvalue weighted by Crippen LogP contribution is -2.21. The molecule has 21 heavy (non-hydrogen) atoms. The first-order valence-electron chi connectivity index (χ1n) is 6.60. The second-order valence-corrected chi connectivity index (χ2v) is 4.59. The van der Waals surface area contributed by atoms with Crippen molar-refractivity contribution in [2.24, 2.45) is 0 Å². The highest BCUT2D eigenvalue weighted by atomic mass is 16.5. The van der Waals surface area contributed by atoms with Gasteiger partial charge in [-0.25, -0.2) is 4.98 Å². The van der Waals surface area contributed by atoms with Crippen LogP contribution in [0.4, 0.5) is 0 Å². The summed E-state index contributed by atoms with van der Waals surface area (Å²) in [4.78, 5) is 4.04.